The molecule has 3 heteroatoms. The van der Waals surface area contributed by atoms with Gasteiger partial charge in [-0.15, -0.1) is 0 Å². The lowest BCUT2D eigenvalue weighted by atomic mass is 9.68. The Bertz CT molecular complexity index is 445. The van der Waals surface area contributed by atoms with Crippen molar-refractivity contribution in [2.45, 2.75) is 59.5 Å². The van der Waals surface area contributed by atoms with Crippen LogP contribution in [0.25, 0.3) is 0 Å². The van der Waals surface area contributed by atoms with E-state index in [9.17, 15) is 5.11 Å². The fourth-order valence-corrected chi connectivity index (χ4v) is 3.42. The SMILES string of the molecule is CCOc1cncc(C(O)C2CCC(C(C)(C)C)CC2)c1. The van der Waals surface area contributed by atoms with Crippen molar-refractivity contribution in [3.63, 3.8) is 0 Å². The number of rotatable bonds is 4. The lowest BCUT2D eigenvalue weighted by Crippen LogP contribution is -2.28. The van der Waals surface area contributed by atoms with E-state index in [0.29, 0.717) is 17.9 Å². The van der Waals surface area contributed by atoms with Crippen LogP contribution in [0.15, 0.2) is 18.5 Å². The Morgan fingerprint density at radius 3 is 2.48 bits per heavy atom. The minimum Gasteiger partial charge on any atom is -0.492 e. The molecule has 0 amide bonds. The van der Waals surface area contributed by atoms with Crippen molar-refractivity contribution in [2.75, 3.05) is 6.61 Å². The largest absolute Gasteiger partial charge is 0.492 e. The Hall–Kier alpha value is -1.09. The lowest BCUT2D eigenvalue weighted by molar-refractivity contribution is 0.0524. The maximum absolute atomic E-state index is 10.6. The highest BCUT2D eigenvalue weighted by molar-refractivity contribution is 5.25. The predicted molar refractivity (Wildman–Crippen MR) is 85.3 cm³/mol. The van der Waals surface area contributed by atoms with Gasteiger partial charge in [0.05, 0.1) is 18.9 Å². The number of aliphatic hydroxyl groups is 1. The van der Waals surface area contributed by atoms with Gasteiger partial charge in [-0.05, 0) is 55.9 Å². The summed E-state index contributed by atoms with van der Waals surface area (Å²) in [5.74, 6) is 1.87. The van der Waals surface area contributed by atoms with Gasteiger partial charge in [-0.1, -0.05) is 20.8 Å². The first kappa shape index (κ1) is 16.3. The van der Waals surface area contributed by atoms with E-state index in [4.69, 9.17) is 4.74 Å². The van der Waals surface area contributed by atoms with Crippen molar-refractivity contribution < 1.29 is 9.84 Å². The molecule has 1 aliphatic carbocycles. The van der Waals surface area contributed by atoms with Gasteiger partial charge in [-0.2, -0.15) is 0 Å². The van der Waals surface area contributed by atoms with Gasteiger partial charge in [0.2, 0.25) is 0 Å². The van der Waals surface area contributed by atoms with Crippen molar-refractivity contribution in [3.05, 3.63) is 24.0 Å². The molecule has 1 fully saturated rings. The number of hydrogen-bond acceptors (Lipinski definition) is 3. The molecule has 0 aromatic carbocycles. The van der Waals surface area contributed by atoms with Crippen molar-refractivity contribution in [2.24, 2.45) is 17.3 Å². The van der Waals surface area contributed by atoms with Crippen LogP contribution in [0.5, 0.6) is 5.75 Å². The van der Waals surface area contributed by atoms with Crippen molar-refractivity contribution in [1.82, 2.24) is 4.98 Å². The summed E-state index contributed by atoms with van der Waals surface area (Å²) in [5, 5.41) is 10.6. The van der Waals surface area contributed by atoms with Crippen molar-refractivity contribution >= 4 is 0 Å². The third-order valence-electron chi connectivity index (χ3n) is 4.83. The fraction of sp³-hybridized carbons (Fsp3) is 0.722. The third-order valence-corrected chi connectivity index (χ3v) is 4.83. The van der Waals surface area contributed by atoms with Gasteiger partial charge in [-0.25, -0.2) is 0 Å². The summed E-state index contributed by atoms with van der Waals surface area (Å²) in [4.78, 5) is 4.19. The molecule has 0 saturated heterocycles. The zero-order valence-electron chi connectivity index (χ0n) is 13.8. The monoisotopic (exact) mass is 291 g/mol. The Morgan fingerprint density at radius 1 is 1.24 bits per heavy atom. The van der Waals surface area contributed by atoms with Crippen LogP contribution in [-0.4, -0.2) is 16.7 Å². The molecule has 1 atom stereocenters. The summed E-state index contributed by atoms with van der Waals surface area (Å²) in [6, 6.07) is 1.93. The Morgan fingerprint density at radius 2 is 1.90 bits per heavy atom. The molecule has 21 heavy (non-hydrogen) atoms. The maximum atomic E-state index is 10.6. The summed E-state index contributed by atoms with van der Waals surface area (Å²) in [5.41, 5.74) is 1.27. The van der Waals surface area contributed by atoms with Crippen LogP contribution in [0.2, 0.25) is 0 Å². The van der Waals surface area contributed by atoms with Crippen molar-refractivity contribution in [1.29, 1.82) is 0 Å². The van der Waals surface area contributed by atoms with E-state index in [1.807, 2.05) is 13.0 Å². The van der Waals surface area contributed by atoms with E-state index in [1.165, 1.54) is 12.8 Å². The molecule has 1 heterocycles. The van der Waals surface area contributed by atoms with E-state index >= 15 is 0 Å². The number of aromatic nitrogens is 1. The van der Waals surface area contributed by atoms with Crippen molar-refractivity contribution in [3.8, 4) is 5.75 Å². The first-order valence-electron chi connectivity index (χ1n) is 8.17. The van der Waals surface area contributed by atoms with Gasteiger partial charge in [0.1, 0.15) is 5.75 Å². The summed E-state index contributed by atoms with van der Waals surface area (Å²) in [6.45, 7) is 9.55. The molecule has 1 aliphatic rings. The highest BCUT2D eigenvalue weighted by Gasteiger charge is 2.32. The predicted octanol–water partition coefficient (Wildman–Crippen LogP) is 4.37. The van der Waals surface area contributed by atoms with Crippen LogP contribution in [-0.2, 0) is 0 Å². The molecule has 1 unspecified atom stereocenters. The molecular weight excluding hydrogens is 262 g/mol. The highest BCUT2D eigenvalue weighted by Crippen LogP contribution is 2.43. The number of nitrogens with zero attached hydrogens (tertiary/aromatic N) is 1. The maximum Gasteiger partial charge on any atom is 0.137 e. The minimum absolute atomic E-state index is 0.349. The van der Waals surface area contributed by atoms with Gasteiger partial charge in [0, 0.05) is 11.8 Å². The van der Waals surface area contributed by atoms with Crippen LogP contribution in [0.3, 0.4) is 0 Å². The van der Waals surface area contributed by atoms with E-state index in [1.54, 1.807) is 12.4 Å². The standard InChI is InChI=1S/C18H29NO2/c1-5-21-16-10-14(11-19-12-16)17(20)13-6-8-15(9-7-13)18(2,3)4/h10-13,15,17,20H,5-9H2,1-4H3. The Balaban J connectivity index is 1.98. The summed E-state index contributed by atoms with van der Waals surface area (Å²) in [7, 11) is 0. The molecule has 0 spiro atoms. The zero-order valence-corrected chi connectivity index (χ0v) is 13.8. The van der Waals surface area contributed by atoms with Gasteiger partial charge in [-0.3, -0.25) is 4.98 Å². The second-order valence-electron chi connectivity index (χ2n) is 7.31. The van der Waals surface area contributed by atoms with Crippen LogP contribution in [0.4, 0.5) is 0 Å². The second-order valence-corrected chi connectivity index (χ2v) is 7.31. The number of ether oxygens (including phenoxy) is 1. The Labute approximate surface area is 128 Å². The van der Waals surface area contributed by atoms with E-state index in [2.05, 4.69) is 25.8 Å². The summed E-state index contributed by atoms with van der Waals surface area (Å²) in [6.07, 6.45) is 7.68. The number of aliphatic hydroxyl groups excluding tert-OH is 1. The molecule has 0 aliphatic heterocycles. The van der Waals surface area contributed by atoms with E-state index in [0.717, 1.165) is 30.1 Å². The third kappa shape index (κ3) is 4.19. The molecule has 1 N–H and O–H groups in total. The molecule has 1 saturated carbocycles. The Kier molecular flexibility index (Phi) is 5.26. The number of pyridine rings is 1. The second kappa shape index (κ2) is 6.78. The van der Waals surface area contributed by atoms with Gasteiger partial charge < -0.3 is 9.84 Å². The molecule has 2 rings (SSSR count). The average molecular weight is 291 g/mol. The summed E-state index contributed by atoms with van der Waals surface area (Å²) < 4.78 is 5.47. The zero-order chi connectivity index (χ0) is 15.5. The minimum atomic E-state index is -0.418. The van der Waals surface area contributed by atoms with Gasteiger partial charge >= 0.3 is 0 Å². The molecule has 118 valence electrons. The average Bonchev–Trinajstić information content (AvgIpc) is 2.46. The van der Waals surface area contributed by atoms with E-state index < -0.39 is 6.10 Å². The molecule has 0 bridgehead atoms. The molecule has 0 radical (unpaired) electrons. The highest BCUT2D eigenvalue weighted by atomic mass is 16.5. The molecule has 1 aromatic heterocycles. The topological polar surface area (TPSA) is 42.4 Å². The van der Waals surface area contributed by atoms with E-state index in [-0.39, 0.29) is 0 Å². The van der Waals surface area contributed by atoms with Gasteiger partial charge in [0.25, 0.3) is 0 Å². The normalized spacial score (nSPS) is 24.6. The van der Waals surface area contributed by atoms with Gasteiger partial charge in [0.15, 0.2) is 0 Å². The molecule has 3 nitrogen and oxygen atoms in total. The summed E-state index contributed by atoms with van der Waals surface area (Å²) >= 11 is 0. The quantitative estimate of drug-likeness (QED) is 0.896. The fourth-order valence-electron chi connectivity index (χ4n) is 3.42. The number of hydrogen-bond donors (Lipinski definition) is 1. The molecule has 1 aromatic rings. The van der Waals surface area contributed by atoms with Crippen LogP contribution >= 0.6 is 0 Å². The lowest BCUT2D eigenvalue weighted by Gasteiger charge is -2.38. The first-order valence-corrected chi connectivity index (χ1v) is 8.17. The first-order chi connectivity index (χ1) is 9.91. The van der Waals surface area contributed by atoms with Crippen LogP contribution in [0, 0.1) is 17.3 Å². The smallest absolute Gasteiger partial charge is 0.137 e. The molecular formula is C18H29NO2. The van der Waals surface area contributed by atoms with Crippen LogP contribution in [0.1, 0.15) is 65.0 Å². The van der Waals surface area contributed by atoms with Crippen LogP contribution < -0.4 is 4.74 Å².